The van der Waals surface area contributed by atoms with Crippen molar-refractivity contribution in [3.05, 3.63) is 22.8 Å². The molecule has 2 aliphatic carbocycles. The lowest BCUT2D eigenvalue weighted by atomic mass is 9.82. The first-order valence-corrected chi connectivity index (χ1v) is 8.23. The van der Waals surface area contributed by atoms with Gasteiger partial charge in [-0.15, -0.1) is 0 Å². The quantitative estimate of drug-likeness (QED) is 0.900. The van der Waals surface area contributed by atoms with Gasteiger partial charge in [-0.05, 0) is 63.0 Å². The lowest BCUT2D eigenvalue weighted by Crippen LogP contribution is -2.25. The van der Waals surface area contributed by atoms with Crippen LogP contribution in [0, 0.1) is 18.8 Å². The zero-order valence-electron chi connectivity index (χ0n) is 12.9. The van der Waals surface area contributed by atoms with Crippen LogP contribution in [0.3, 0.4) is 0 Å². The molecule has 0 amide bonds. The minimum Gasteiger partial charge on any atom is -0.330 e. The first-order valence-electron chi connectivity index (χ1n) is 8.23. The lowest BCUT2D eigenvalue weighted by Gasteiger charge is -2.28. The molecule has 0 spiro atoms. The van der Waals surface area contributed by atoms with Crippen molar-refractivity contribution in [1.82, 2.24) is 9.97 Å². The number of nitrogens with two attached hydrogens (primary N) is 1. The Morgan fingerprint density at radius 3 is 2.55 bits per heavy atom. The van der Waals surface area contributed by atoms with Crippen LogP contribution in [0.4, 0.5) is 0 Å². The first-order chi connectivity index (χ1) is 9.67. The number of fused-ring (bicyclic) bond motifs is 1. The molecule has 1 fully saturated rings. The Labute approximate surface area is 122 Å². The second-order valence-electron chi connectivity index (χ2n) is 6.89. The third-order valence-electron chi connectivity index (χ3n) is 5.31. The van der Waals surface area contributed by atoms with E-state index in [4.69, 9.17) is 15.7 Å². The number of nitrogens with zero attached hydrogens (tertiary/aromatic N) is 2. The van der Waals surface area contributed by atoms with Gasteiger partial charge in [0.25, 0.3) is 0 Å². The van der Waals surface area contributed by atoms with E-state index in [1.165, 1.54) is 49.1 Å². The van der Waals surface area contributed by atoms with Crippen LogP contribution in [0.2, 0.25) is 0 Å². The summed E-state index contributed by atoms with van der Waals surface area (Å²) in [6.45, 7) is 5.32. The molecule has 0 aromatic carbocycles. The van der Waals surface area contributed by atoms with Crippen molar-refractivity contribution in [2.75, 3.05) is 6.54 Å². The third-order valence-corrected chi connectivity index (χ3v) is 5.31. The fourth-order valence-electron chi connectivity index (χ4n) is 3.78. The predicted molar refractivity (Wildman–Crippen MR) is 81.7 cm³/mol. The first kappa shape index (κ1) is 14.0. The zero-order chi connectivity index (χ0) is 14.1. The summed E-state index contributed by atoms with van der Waals surface area (Å²) in [5.41, 5.74) is 9.74. The van der Waals surface area contributed by atoms with Crippen molar-refractivity contribution in [2.45, 2.75) is 64.7 Å². The fourth-order valence-corrected chi connectivity index (χ4v) is 3.78. The van der Waals surface area contributed by atoms with Crippen LogP contribution in [-0.4, -0.2) is 16.5 Å². The van der Waals surface area contributed by atoms with Gasteiger partial charge in [-0.2, -0.15) is 0 Å². The van der Waals surface area contributed by atoms with Gasteiger partial charge >= 0.3 is 0 Å². The lowest BCUT2D eigenvalue weighted by molar-refractivity contribution is 0.338. The third kappa shape index (κ3) is 2.73. The highest BCUT2D eigenvalue weighted by Gasteiger charge is 2.26. The maximum atomic E-state index is 5.83. The number of aryl methyl sites for hydroxylation is 2. The average molecular weight is 273 g/mol. The molecule has 0 radical (unpaired) electrons. The standard InChI is InChI=1S/C17H27N3/c1-11-3-6-14(7-4-11)17-19-12(2)15-9-13(10-18)5-8-16(15)20-17/h11,13-14H,3-10,18H2,1-2H3. The average Bonchev–Trinajstić information content (AvgIpc) is 2.47. The van der Waals surface area contributed by atoms with Crippen molar-refractivity contribution in [2.24, 2.45) is 17.6 Å². The molecule has 1 saturated carbocycles. The Kier molecular flexibility index (Phi) is 4.06. The number of hydrogen-bond acceptors (Lipinski definition) is 3. The van der Waals surface area contributed by atoms with Gasteiger partial charge in [0.2, 0.25) is 0 Å². The van der Waals surface area contributed by atoms with Crippen molar-refractivity contribution >= 4 is 0 Å². The van der Waals surface area contributed by atoms with Crippen molar-refractivity contribution in [3.8, 4) is 0 Å². The Hall–Kier alpha value is -0.960. The molecule has 0 saturated heterocycles. The van der Waals surface area contributed by atoms with Crippen molar-refractivity contribution in [3.63, 3.8) is 0 Å². The summed E-state index contributed by atoms with van der Waals surface area (Å²) < 4.78 is 0. The van der Waals surface area contributed by atoms with E-state index in [2.05, 4.69) is 13.8 Å². The van der Waals surface area contributed by atoms with Crippen LogP contribution in [0.25, 0.3) is 0 Å². The summed E-state index contributed by atoms with van der Waals surface area (Å²) in [5, 5.41) is 0. The van der Waals surface area contributed by atoms with Crippen LogP contribution in [0.5, 0.6) is 0 Å². The van der Waals surface area contributed by atoms with Gasteiger partial charge in [-0.3, -0.25) is 0 Å². The van der Waals surface area contributed by atoms with E-state index in [9.17, 15) is 0 Å². The number of aromatic nitrogens is 2. The van der Waals surface area contributed by atoms with E-state index in [-0.39, 0.29) is 0 Å². The van der Waals surface area contributed by atoms with E-state index in [0.717, 1.165) is 31.1 Å². The van der Waals surface area contributed by atoms with E-state index < -0.39 is 0 Å². The molecule has 1 aromatic heterocycles. The summed E-state index contributed by atoms with van der Waals surface area (Å²) in [7, 11) is 0. The SMILES string of the molecule is Cc1nc(C2CCC(C)CC2)nc2c1CC(CN)CC2. The topological polar surface area (TPSA) is 51.8 Å². The predicted octanol–water partition coefficient (Wildman–Crippen LogP) is 3.14. The van der Waals surface area contributed by atoms with Crippen LogP contribution >= 0.6 is 0 Å². The van der Waals surface area contributed by atoms with Gasteiger partial charge in [0.05, 0.1) is 0 Å². The van der Waals surface area contributed by atoms with Gasteiger partial charge in [-0.25, -0.2) is 9.97 Å². The molecule has 2 N–H and O–H groups in total. The Balaban J connectivity index is 1.83. The molecule has 110 valence electrons. The molecule has 1 unspecified atom stereocenters. The Morgan fingerprint density at radius 1 is 1.10 bits per heavy atom. The minimum absolute atomic E-state index is 0.599. The molecule has 1 aromatic rings. The van der Waals surface area contributed by atoms with Crippen molar-refractivity contribution < 1.29 is 0 Å². The summed E-state index contributed by atoms with van der Waals surface area (Å²) in [4.78, 5) is 9.79. The van der Waals surface area contributed by atoms with Gasteiger partial charge in [-0.1, -0.05) is 19.8 Å². The molecule has 3 nitrogen and oxygen atoms in total. The van der Waals surface area contributed by atoms with E-state index in [1.807, 2.05) is 0 Å². The Morgan fingerprint density at radius 2 is 1.85 bits per heavy atom. The highest BCUT2D eigenvalue weighted by atomic mass is 14.9. The fraction of sp³-hybridized carbons (Fsp3) is 0.765. The molecule has 3 heteroatoms. The minimum atomic E-state index is 0.599. The van der Waals surface area contributed by atoms with E-state index in [1.54, 1.807) is 0 Å². The summed E-state index contributed by atoms with van der Waals surface area (Å²) in [6, 6.07) is 0. The maximum absolute atomic E-state index is 5.83. The van der Waals surface area contributed by atoms with E-state index in [0.29, 0.717) is 11.8 Å². The van der Waals surface area contributed by atoms with Crippen LogP contribution < -0.4 is 5.73 Å². The molecule has 0 aliphatic heterocycles. The van der Waals surface area contributed by atoms with Crippen LogP contribution in [0.15, 0.2) is 0 Å². The molecule has 0 bridgehead atoms. The summed E-state index contributed by atoms with van der Waals surface area (Å²) in [6.07, 6.45) is 8.58. The largest absolute Gasteiger partial charge is 0.330 e. The zero-order valence-corrected chi connectivity index (χ0v) is 12.9. The molecular formula is C17H27N3. The van der Waals surface area contributed by atoms with Crippen LogP contribution in [0.1, 0.15) is 67.7 Å². The smallest absolute Gasteiger partial charge is 0.131 e. The molecule has 20 heavy (non-hydrogen) atoms. The normalized spacial score (nSPS) is 30.1. The van der Waals surface area contributed by atoms with Crippen LogP contribution in [-0.2, 0) is 12.8 Å². The monoisotopic (exact) mass is 273 g/mol. The summed E-state index contributed by atoms with van der Waals surface area (Å²) in [5.74, 6) is 3.24. The molecular weight excluding hydrogens is 246 g/mol. The van der Waals surface area contributed by atoms with Gasteiger partial charge < -0.3 is 5.73 Å². The Bertz CT molecular complexity index is 475. The molecule has 3 rings (SSSR count). The van der Waals surface area contributed by atoms with Gasteiger partial charge in [0, 0.05) is 17.3 Å². The highest BCUT2D eigenvalue weighted by molar-refractivity contribution is 5.29. The second kappa shape index (κ2) is 5.80. The number of hydrogen-bond donors (Lipinski definition) is 1. The van der Waals surface area contributed by atoms with E-state index >= 15 is 0 Å². The van der Waals surface area contributed by atoms with Crippen molar-refractivity contribution in [1.29, 1.82) is 0 Å². The summed E-state index contributed by atoms with van der Waals surface area (Å²) >= 11 is 0. The van der Waals surface area contributed by atoms with Gasteiger partial charge in [0.1, 0.15) is 5.82 Å². The molecule has 1 heterocycles. The highest BCUT2D eigenvalue weighted by Crippen LogP contribution is 2.35. The van der Waals surface area contributed by atoms with Gasteiger partial charge in [0.15, 0.2) is 0 Å². The maximum Gasteiger partial charge on any atom is 0.131 e. The molecule has 2 aliphatic rings. The number of rotatable bonds is 2. The second-order valence-corrected chi connectivity index (χ2v) is 6.89. The molecule has 1 atom stereocenters.